The first-order valence-corrected chi connectivity index (χ1v) is 7.76. The molecule has 0 aliphatic rings. The number of pyridine rings is 1. The van der Waals surface area contributed by atoms with Gasteiger partial charge < -0.3 is 20.8 Å². The van der Waals surface area contributed by atoms with Crippen LogP contribution < -0.4 is 16.6 Å². The van der Waals surface area contributed by atoms with Gasteiger partial charge in [0.2, 0.25) is 5.91 Å². The van der Waals surface area contributed by atoms with Crippen molar-refractivity contribution in [2.45, 2.75) is 38.8 Å². The zero-order valence-corrected chi connectivity index (χ0v) is 14.5. The molecular formula is C17H19F2N3O4. The third kappa shape index (κ3) is 4.78. The van der Waals surface area contributed by atoms with Gasteiger partial charge in [-0.15, -0.1) is 0 Å². The lowest BCUT2D eigenvalue weighted by Gasteiger charge is -2.22. The number of primary amides is 1. The quantitative estimate of drug-likeness (QED) is 0.763. The minimum atomic E-state index is -1.21. The van der Waals surface area contributed by atoms with Crippen LogP contribution in [0.2, 0.25) is 0 Å². The van der Waals surface area contributed by atoms with Gasteiger partial charge in [-0.25, -0.2) is 13.6 Å². The first-order valence-electron chi connectivity index (χ1n) is 7.76. The van der Waals surface area contributed by atoms with E-state index in [-0.39, 0.29) is 22.9 Å². The number of halogens is 2. The number of hydrogen-bond acceptors (Lipinski definition) is 4. The summed E-state index contributed by atoms with van der Waals surface area (Å²) in [6, 6.07) is 1.88. The van der Waals surface area contributed by atoms with Crippen molar-refractivity contribution in [3.05, 3.63) is 45.8 Å². The molecule has 1 aromatic heterocycles. The van der Waals surface area contributed by atoms with Crippen molar-refractivity contribution in [1.29, 1.82) is 0 Å². The van der Waals surface area contributed by atoms with E-state index in [1.54, 1.807) is 20.8 Å². The minimum absolute atomic E-state index is 0.0726. The Morgan fingerprint density at radius 3 is 2.42 bits per heavy atom. The molecule has 0 spiro atoms. The van der Waals surface area contributed by atoms with Crippen LogP contribution in [-0.4, -0.2) is 28.6 Å². The molecule has 0 fully saturated rings. The molecule has 7 nitrogen and oxygen atoms in total. The fourth-order valence-electron chi connectivity index (χ4n) is 2.29. The van der Waals surface area contributed by atoms with Crippen LogP contribution in [0.25, 0.3) is 10.9 Å². The van der Waals surface area contributed by atoms with Gasteiger partial charge in [-0.3, -0.25) is 9.59 Å². The average Bonchev–Trinajstić information content (AvgIpc) is 2.47. The van der Waals surface area contributed by atoms with Crippen molar-refractivity contribution >= 4 is 22.9 Å². The molecule has 0 saturated heterocycles. The fraction of sp³-hybridized carbons (Fsp3) is 0.353. The van der Waals surface area contributed by atoms with Crippen molar-refractivity contribution in [2.24, 2.45) is 5.73 Å². The van der Waals surface area contributed by atoms with Gasteiger partial charge in [-0.2, -0.15) is 0 Å². The van der Waals surface area contributed by atoms with Gasteiger partial charge in [0.05, 0.1) is 5.52 Å². The number of amides is 2. The molecule has 0 bridgehead atoms. The van der Waals surface area contributed by atoms with Crippen LogP contribution in [0.4, 0.5) is 13.6 Å². The van der Waals surface area contributed by atoms with Crippen LogP contribution in [0.1, 0.15) is 26.3 Å². The number of aromatic nitrogens is 1. The van der Waals surface area contributed by atoms with Crippen molar-refractivity contribution in [3.8, 4) is 0 Å². The van der Waals surface area contributed by atoms with Gasteiger partial charge in [-0.05, 0) is 32.9 Å². The number of ether oxygens (including phenoxy) is 1. The molecule has 0 aliphatic carbocycles. The Morgan fingerprint density at radius 1 is 1.23 bits per heavy atom. The van der Waals surface area contributed by atoms with Gasteiger partial charge in [0.25, 0.3) is 5.56 Å². The van der Waals surface area contributed by atoms with Crippen LogP contribution in [0, 0.1) is 11.6 Å². The molecule has 0 unspecified atom stereocenters. The summed E-state index contributed by atoms with van der Waals surface area (Å²) < 4.78 is 31.7. The molecule has 2 rings (SSSR count). The Morgan fingerprint density at radius 2 is 1.85 bits per heavy atom. The summed E-state index contributed by atoms with van der Waals surface area (Å²) in [5, 5.41) is 2.53. The number of hydrogen-bond donors (Lipinski definition) is 3. The maximum atomic E-state index is 13.4. The molecule has 26 heavy (non-hydrogen) atoms. The van der Waals surface area contributed by atoms with Crippen LogP contribution in [0.5, 0.6) is 0 Å². The molecule has 140 valence electrons. The van der Waals surface area contributed by atoms with Crippen molar-refractivity contribution in [1.82, 2.24) is 10.3 Å². The predicted molar refractivity (Wildman–Crippen MR) is 90.5 cm³/mol. The summed E-state index contributed by atoms with van der Waals surface area (Å²) >= 11 is 0. The highest BCUT2D eigenvalue weighted by Crippen LogP contribution is 2.17. The summed E-state index contributed by atoms with van der Waals surface area (Å²) in [5.74, 6) is -3.04. The largest absolute Gasteiger partial charge is 0.444 e. The zero-order valence-electron chi connectivity index (χ0n) is 14.5. The van der Waals surface area contributed by atoms with Crippen LogP contribution in [0.3, 0.4) is 0 Å². The van der Waals surface area contributed by atoms with Gasteiger partial charge in [-0.1, -0.05) is 0 Å². The lowest BCUT2D eigenvalue weighted by molar-refractivity contribution is -0.120. The molecule has 1 atom stereocenters. The van der Waals surface area contributed by atoms with E-state index in [1.807, 2.05) is 0 Å². The molecule has 2 amide bonds. The van der Waals surface area contributed by atoms with Gasteiger partial charge in [0.1, 0.15) is 11.6 Å². The van der Waals surface area contributed by atoms with Crippen molar-refractivity contribution in [2.75, 3.05) is 0 Å². The van der Waals surface area contributed by atoms with E-state index < -0.39 is 40.8 Å². The Hall–Kier alpha value is -2.97. The fourth-order valence-corrected chi connectivity index (χ4v) is 2.29. The second-order valence-corrected chi connectivity index (χ2v) is 6.78. The number of benzene rings is 1. The molecule has 1 aromatic carbocycles. The second kappa shape index (κ2) is 7.11. The summed E-state index contributed by atoms with van der Waals surface area (Å²) in [4.78, 5) is 38.0. The number of aromatic amines is 1. The topological polar surface area (TPSA) is 114 Å². The normalized spacial score (nSPS) is 12.7. The maximum Gasteiger partial charge on any atom is 0.408 e. The lowest BCUT2D eigenvalue weighted by Crippen LogP contribution is -2.48. The summed E-state index contributed by atoms with van der Waals surface area (Å²) in [6.07, 6.45) is -1.11. The second-order valence-electron chi connectivity index (χ2n) is 6.78. The number of nitrogens with one attached hydrogen (secondary N) is 2. The lowest BCUT2D eigenvalue weighted by atomic mass is 10.0. The molecule has 0 saturated carbocycles. The molecule has 0 aliphatic heterocycles. The summed E-state index contributed by atoms with van der Waals surface area (Å²) in [5.41, 5.74) is 4.06. The van der Waals surface area contributed by atoms with Crippen LogP contribution in [-0.2, 0) is 16.0 Å². The van der Waals surface area contributed by atoms with E-state index >= 15 is 0 Å². The van der Waals surface area contributed by atoms with E-state index in [1.165, 1.54) is 6.07 Å². The van der Waals surface area contributed by atoms with Gasteiger partial charge >= 0.3 is 6.09 Å². The standard InChI is InChI=1S/C17H19F2N3O4/c1-17(2,3)26-16(25)22-13(14(20)23)6-9-4-8-5-10(18)11(19)7-12(8)21-15(9)24/h4-5,7,13H,6H2,1-3H3,(H2,20,23)(H,21,24)(H,22,25)/t13-/m0/s1. The summed E-state index contributed by atoms with van der Waals surface area (Å²) in [6.45, 7) is 4.94. The number of H-pyrrole nitrogens is 1. The van der Waals surface area contributed by atoms with E-state index in [0.29, 0.717) is 0 Å². The van der Waals surface area contributed by atoms with Gasteiger partial charge in [0, 0.05) is 23.4 Å². The smallest absolute Gasteiger partial charge is 0.408 e. The maximum absolute atomic E-state index is 13.4. The van der Waals surface area contributed by atoms with Crippen molar-refractivity contribution in [3.63, 3.8) is 0 Å². The number of carbonyl (C=O) groups is 2. The minimum Gasteiger partial charge on any atom is -0.444 e. The number of fused-ring (bicyclic) bond motifs is 1. The van der Waals surface area contributed by atoms with E-state index in [4.69, 9.17) is 10.5 Å². The van der Waals surface area contributed by atoms with Crippen LogP contribution >= 0.6 is 0 Å². The number of nitrogens with two attached hydrogens (primary N) is 1. The Bertz CT molecular complexity index is 919. The van der Waals surface area contributed by atoms with Gasteiger partial charge in [0.15, 0.2) is 11.6 Å². The molecule has 2 aromatic rings. The van der Waals surface area contributed by atoms with Crippen molar-refractivity contribution < 1.29 is 23.1 Å². The first-order chi connectivity index (χ1) is 12.0. The Balaban J connectivity index is 2.29. The van der Waals surface area contributed by atoms with E-state index in [2.05, 4.69) is 10.3 Å². The monoisotopic (exact) mass is 367 g/mol. The van der Waals surface area contributed by atoms with E-state index in [0.717, 1.165) is 12.1 Å². The Labute approximate surface area is 147 Å². The highest BCUT2D eigenvalue weighted by atomic mass is 19.2. The third-order valence-electron chi connectivity index (χ3n) is 3.42. The molecular weight excluding hydrogens is 348 g/mol. The van der Waals surface area contributed by atoms with Crippen LogP contribution in [0.15, 0.2) is 23.0 Å². The zero-order chi connectivity index (χ0) is 19.6. The third-order valence-corrected chi connectivity index (χ3v) is 3.42. The Kier molecular flexibility index (Phi) is 5.29. The average molecular weight is 367 g/mol. The molecule has 9 heteroatoms. The van der Waals surface area contributed by atoms with E-state index in [9.17, 15) is 23.2 Å². The number of alkyl carbamates (subject to hydrolysis) is 1. The number of carbonyl (C=O) groups excluding carboxylic acids is 2. The first kappa shape index (κ1) is 19.4. The highest BCUT2D eigenvalue weighted by molar-refractivity contribution is 5.85. The molecule has 4 N–H and O–H groups in total. The predicted octanol–water partition coefficient (Wildman–Crippen LogP) is 1.73. The SMILES string of the molecule is CC(C)(C)OC(=O)N[C@@H](Cc1cc2cc(F)c(F)cc2[nH]c1=O)C(N)=O. The summed E-state index contributed by atoms with van der Waals surface area (Å²) in [7, 11) is 0. The molecule has 1 heterocycles. The molecule has 0 radical (unpaired) electrons. The highest BCUT2D eigenvalue weighted by Gasteiger charge is 2.24. The number of rotatable bonds is 4.